The van der Waals surface area contributed by atoms with Crippen LogP contribution in [0.1, 0.15) is 24.3 Å². The Morgan fingerprint density at radius 3 is 2.58 bits per heavy atom. The zero-order valence-corrected chi connectivity index (χ0v) is 13.3. The molecule has 1 unspecified atom stereocenters. The molecule has 24 heavy (non-hydrogen) atoms. The molecule has 1 heterocycles. The molecule has 1 aromatic heterocycles. The third-order valence-corrected chi connectivity index (χ3v) is 3.94. The molecule has 0 saturated carbocycles. The average Bonchev–Trinajstić information content (AvgIpc) is 2.59. The first-order valence-corrected chi connectivity index (χ1v) is 7.80. The lowest BCUT2D eigenvalue weighted by Crippen LogP contribution is -2.19. The second-order valence-electron chi connectivity index (χ2n) is 5.50. The molecule has 0 amide bonds. The third kappa shape index (κ3) is 3.04. The summed E-state index contributed by atoms with van der Waals surface area (Å²) < 4.78 is 7.02. The van der Waals surface area contributed by atoms with Crippen molar-refractivity contribution in [2.45, 2.75) is 19.8 Å². The Kier molecular flexibility index (Phi) is 4.64. The van der Waals surface area contributed by atoms with Crippen LogP contribution in [-0.2, 0) is 11.3 Å². The molecule has 0 fully saturated rings. The maximum Gasteiger partial charge on any atom is 0.197 e. The van der Waals surface area contributed by atoms with Crippen molar-refractivity contribution in [3.8, 4) is 5.75 Å². The van der Waals surface area contributed by atoms with Gasteiger partial charge in [0.15, 0.2) is 11.7 Å². The summed E-state index contributed by atoms with van der Waals surface area (Å²) in [6.45, 7) is 2.43. The van der Waals surface area contributed by atoms with Gasteiger partial charge in [-0.05, 0) is 25.1 Å². The summed E-state index contributed by atoms with van der Waals surface area (Å²) in [5, 5.41) is 20.6. The predicted octanol–water partition coefficient (Wildman–Crippen LogP) is 2.78. The average molecular weight is 325 g/mol. The lowest BCUT2D eigenvalue weighted by Gasteiger charge is -2.17. The van der Waals surface area contributed by atoms with Crippen LogP contribution in [0.4, 0.5) is 0 Å². The zero-order valence-electron chi connectivity index (χ0n) is 13.3. The molecule has 0 aliphatic heterocycles. The molecule has 0 aliphatic carbocycles. The molecule has 2 aromatic carbocycles. The number of phenolic OH excluding ortho intramolecular Hbond substituents is 1. The van der Waals surface area contributed by atoms with Crippen LogP contribution in [0, 0.1) is 0 Å². The maximum atomic E-state index is 12.6. The standard InChI is InChI=1S/C19H19NO4/c1-2-24-19(23)15-12-20(11-13-7-3-6-10-17(13)21)16-9-5-4-8-14(16)18(15)22/h3-10,12,19,21,23H,2,11H2,1H3. The molecule has 0 saturated heterocycles. The van der Waals surface area contributed by atoms with Crippen molar-refractivity contribution in [3.05, 3.63) is 76.1 Å². The van der Waals surface area contributed by atoms with E-state index < -0.39 is 6.29 Å². The number of aliphatic hydroxyl groups excluding tert-OH is 1. The van der Waals surface area contributed by atoms with Crippen molar-refractivity contribution in [2.24, 2.45) is 0 Å². The number of rotatable bonds is 5. The van der Waals surface area contributed by atoms with Crippen molar-refractivity contribution < 1.29 is 14.9 Å². The lowest BCUT2D eigenvalue weighted by molar-refractivity contribution is -0.0988. The number of para-hydroxylation sites is 2. The van der Waals surface area contributed by atoms with Gasteiger partial charge in [0, 0.05) is 23.8 Å². The molecular weight excluding hydrogens is 306 g/mol. The normalized spacial score (nSPS) is 12.4. The zero-order chi connectivity index (χ0) is 17.1. The molecule has 0 aliphatic rings. The van der Waals surface area contributed by atoms with Crippen molar-refractivity contribution in [1.29, 1.82) is 0 Å². The largest absolute Gasteiger partial charge is 0.508 e. The van der Waals surface area contributed by atoms with Crippen LogP contribution in [0.25, 0.3) is 10.9 Å². The van der Waals surface area contributed by atoms with Crippen LogP contribution < -0.4 is 5.43 Å². The SMILES string of the molecule is CCOC(O)c1cn(Cc2ccccc2O)c2ccccc2c1=O. The number of phenols is 1. The summed E-state index contributed by atoms with van der Waals surface area (Å²) in [5.74, 6) is 0.187. The van der Waals surface area contributed by atoms with Gasteiger partial charge in [-0.1, -0.05) is 30.3 Å². The number of hydrogen-bond donors (Lipinski definition) is 2. The van der Waals surface area contributed by atoms with E-state index in [1.165, 1.54) is 0 Å². The molecule has 5 heteroatoms. The number of nitrogens with zero attached hydrogens (tertiary/aromatic N) is 1. The fourth-order valence-corrected chi connectivity index (χ4v) is 2.75. The molecule has 3 rings (SSSR count). The Bertz CT molecular complexity index is 917. The highest BCUT2D eigenvalue weighted by Gasteiger charge is 2.16. The number of pyridine rings is 1. The van der Waals surface area contributed by atoms with Gasteiger partial charge >= 0.3 is 0 Å². The summed E-state index contributed by atoms with van der Waals surface area (Å²) >= 11 is 0. The number of aromatic hydroxyl groups is 1. The van der Waals surface area contributed by atoms with Crippen LogP contribution in [-0.4, -0.2) is 21.4 Å². The van der Waals surface area contributed by atoms with Crippen LogP contribution in [0.2, 0.25) is 0 Å². The van der Waals surface area contributed by atoms with Crippen molar-refractivity contribution in [2.75, 3.05) is 6.61 Å². The first-order valence-electron chi connectivity index (χ1n) is 7.80. The quantitative estimate of drug-likeness (QED) is 0.708. The van der Waals surface area contributed by atoms with Gasteiger partial charge in [-0.2, -0.15) is 0 Å². The molecule has 3 aromatic rings. The monoisotopic (exact) mass is 325 g/mol. The molecule has 124 valence electrons. The predicted molar refractivity (Wildman–Crippen MR) is 92.0 cm³/mol. The third-order valence-electron chi connectivity index (χ3n) is 3.94. The minimum Gasteiger partial charge on any atom is -0.508 e. The Morgan fingerprint density at radius 2 is 1.83 bits per heavy atom. The Morgan fingerprint density at radius 1 is 1.12 bits per heavy atom. The van der Waals surface area contributed by atoms with Crippen LogP contribution in [0.15, 0.2) is 59.5 Å². The van der Waals surface area contributed by atoms with Gasteiger partial charge in [0.25, 0.3) is 0 Å². The van der Waals surface area contributed by atoms with E-state index in [-0.39, 0.29) is 16.7 Å². The van der Waals surface area contributed by atoms with Crippen molar-refractivity contribution >= 4 is 10.9 Å². The first-order chi connectivity index (χ1) is 11.6. The number of hydrogen-bond acceptors (Lipinski definition) is 4. The summed E-state index contributed by atoms with van der Waals surface area (Å²) in [7, 11) is 0. The highest BCUT2D eigenvalue weighted by molar-refractivity contribution is 5.79. The maximum absolute atomic E-state index is 12.6. The Hall–Kier alpha value is -2.63. The van der Waals surface area contributed by atoms with Gasteiger partial charge in [0.1, 0.15) is 5.75 Å². The van der Waals surface area contributed by atoms with Gasteiger partial charge in [0.2, 0.25) is 0 Å². The Labute approximate surface area is 139 Å². The molecule has 1 atom stereocenters. The molecule has 0 radical (unpaired) electrons. The van der Waals surface area contributed by atoms with E-state index in [4.69, 9.17) is 4.74 Å². The smallest absolute Gasteiger partial charge is 0.197 e. The molecule has 0 bridgehead atoms. The minimum atomic E-state index is -1.28. The van der Waals surface area contributed by atoms with Crippen LogP contribution in [0.3, 0.4) is 0 Å². The molecule has 5 nitrogen and oxygen atoms in total. The van der Waals surface area contributed by atoms with E-state index in [1.54, 1.807) is 37.4 Å². The summed E-state index contributed by atoms with van der Waals surface area (Å²) in [5.41, 5.74) is 1.40. The summed E-state index contributed by atoms with van der Waals surface area (Å²) in [6, 6.07) is 14.2. The van der Waals surface area contributed by atoms with Crippen molar-refractivity contribution in [1.82, 2.24) is 4.57 Å². The van der Waals surface area contributed by atoms with E-state index in [2.05, 4.69) is 0 Å². The van der Waals surface area contributed by atoms with Gasteiger partial charge < -0.3 is 19.5 Å². The molecule has 0 spiro atoms. The van der Waals surface area contributed by atoms with Gasteiger partial charge in [-0.25, -0.2) is 0 Å². The molecule has 2 N–H and O–H groups in total. The van der Waals surface area contributed by atoms with E-state index >= 15 is 0 Å². The fourth-order valence-electron chi connectivity index (χ4n) is 2.75. The lowest BCUT2D eigenvalue weighted by atomic mass is 10.1. The number of fused-ring (bicyclic) bond motifs is 1. The second-order valence-corrected chi connectivity index (χ2v) is 5.50. The van der Waals surface area contributed by atoms with Gasteiger partial charge in [0.05, 0.1) is 17.6 Å². The summed E-state index contributed by atoms with van der Waals surface area (Å²) in [6.07, 6.45) is 0.319. The topological polar surface area (TPSA) is 71.7 Å². The number of ether oxygens (including phenoxy) is 1. The number of aromatic nitrogens is 1. The van der Waals surface area contributed by atoms with E-state index in [0.717, 1.165) is 11.1 Å². The first kappa shape index (κ1) is 16.2. The van der Waals surface area contributed by atoms with Crippen LogP contribution >= 0.6 is 0 Å². The van der Waals surface area contributed by atoms with Crippen LogP contribution in [0.5, 0.6) is 5.75 Å². The summed E-state index contributed by atoms with van der Waals surface area (Å²) in [4.78, 5) is 12.6. The van der Waals surface area contributed by atoms with E-state index in [1.807, 2.05) is 28.8 Å². The Balaban J connectivity index is 2.17. The highest BCUT2D eigenvalue weighted by atomic mass is 16.6. The van der Waals surface area contributed by atoms with Crippen molar-refractivity contribution in [3.63, 3.8) is 0 Å². The minimum absolute atomic E-state index is 0.186. The number of benzene rings is 2. The van der Waals surface area contributed by atoms with Gasteiger partial charge in [-0.15, -0.1) is 0 Å². The molecular formula is C19H19NO4. The second kappa shape index (κ2) is 6.86. The van der Waals surface area contributed by atoms with Gasteiger partial charge in [-0.3, -0.25) is 4.79 Å². The van der Waals surface area contributed by atoms with E-state index in [0.29, 0.717) is 18.5 Å². The van der Waals surface area contributed by atoms with E-state index in [9.17, 15) is 15.0 Å². The highest BCUT2D eigenvalue weighted by Crippen LogP contribution is 2.21. The fraction of sp³-hybridized carbons (Fsp3) is 0.211. The number of aliphatic hydroxyl groups is 1.